The largest absolute Gasteiger partial charge is 0.478 e. The molecule has 0 bridgehead atoms. The summed E-state index contributed by atoms with van der Waals surface area (Å²) in [5, 5.41) is 10.7. The summed E-state index contributed by atoms with van der Waals surface area (Å²) in [4.78, 5) is 11.0. The van der Waals surface area contributed by atoms with E-state index < -0.39 is 14.0 Å². The Morgan fingerprint density at radius 1 is 1.04 bits per heavy atom. The van der Waals surface area contributed by atoms with Crippen LogP contribution in [0.4, 0.5) is 0 Å². The van der Waals surface area contributed by atoms with E-state index in [1.54, 1.807) is 17.3 Å². The normalized spacial score (nSPS) is 23.8. The quantitative estimate of drug-likeness (QED) is 0.777. The van der Waals surface area contributed by atoms with Crippen LogP contribution in [0.5, 0.6) is 0 Å². The SMILES string of the molecule is CCC[Si]1(c2ccccc2)CCC(c2ccc(C(=O)O)cc2)CC1. The third-order valence-electron chi connectivity index (χ3n) is 5.69. The second kappa shape index (κ2) is 7.35. The second-order valence-corrected chi connectivity index (χ2v) is 11.7. The summed E-state index contributed by atoms with van der Waals surface area (Å²) in [6, 6.07) is 22.8. The Morgan fingerprint density at radius 3 is 2.21 bits per heavy atom. The fourth-order valence-corrected chi connectivity index (χ4v) is 9.63. The fraction of sp³-hybridized carbons (Fsp3) is 0.381. The topological polar surface area (TPSA) is 37.3 Å². The molecule has 0 atom stereocenters. The predicted octanol–water partition coefficient (Wildman–Crippen LogP) is 5.03. The number of benzene rings is 2. The third-order valence-corrected chi connectivity index (χ3v) is 11.2. The molecule has 126 valence electrons. The summed E-state index contributed by atoms with van der Waals surface area (Å²) >= 11 is 0. The molecule has 1 aliphatic heterocycles. The van der Waals surface area contributed by atoms with Crippen LogP contribution in [-0.4, -0.2) is 19.1 Å². The highest BCUT2D eigenvalue weighted by molar-refractivity contribution is 6.92. The van der Waals surface area contributed by atoms with Gasteiger partial charge < -0.3 is 5.11 Å². The summed E-state index contributed by atoms with van der Waals surface area (Å²) < 4.78 is 0. The lowest BCUT2D eigenvalue weighted by Gasteiger charge is -2.39. The first-order valence-electron chi connectivity index (χ1n) is 9.03. The van der Waals surface area contributed by atoms with Crippen molar-refractivity contribution in [1.82, 2.24) is 0 Å². The van der Waals surface area contributed by atoms with Gasteiger partial charge in [0.05, 0.1) is 13.6 Å². The van der Waals surface area contributed by atoms with E-state index in [9.17, 15) is 4.79 Å². The molecule has 2 aromatic rings. The molecule has 0 aromatic heterocycles. The van der Waals surface area contributed by atoms with Gasteiger partial charge in [0.2, 0.25) is 0 Å². The van der Waals surface area contributed by atoms with Crippen LogP contribution in [0.15, 0.2) is 54.6 Å². The summed E-state index contributed by atoms with van der Waals surface area (Å²) in [6.07, 6.45) is 3.76. The number of aromatic carboxylic acids is 1. The smallest absolute Gasteiger partial charge is 0.335 e. The number of carboxylic acids is 1. The van der Waals surface area contributed by atoms with Gasteiger partial charge in [-0.05, 0) is 36.5 Å². The maximum atomic E-state index is 11.0. The van der Waals surface area contributed by atoms with E-state index in [0.29, 0.717) is 11.5 Å². The standard InChI is InChI=1S/C21H26O2Si/c1-2-14-24(20-6-4-3-5-7-20)15-12-18(13-16-24)17-8-10-19(11-9-17)21(22)23/h3-11,18H,2,12-16H2,1H3,(H,22,23). The third kappa shape index (κ3) is 3.46. The summed E-state index contributed by atoms with van der Waals surface area (Å²) in [5.41, 5.74) is 1.70. The average Bonchev–Trinajstić information content (AvgIpc) is 2.63. The van der Waals surface area contributed by atoms with Crippen LogP contribution in [-0.2, 0) is 0 Å². The van der Waals surface area contributed by atoms with Crippen molar-refractivity contribution in [1.29, 1.82) is 0 Å². The van der Waals surface area contributed by atoms with Gasteiger partial charge in [0.25, 0.3) is 0 Å². The van der Waals surface area contributed by atoms with Gasteiger partial charge in [-0.1, -0.05) is 79.1 Å². The van der Waals surface area contributed by atoms with Gasteiger partial charge >= 0.3 is 5.97 Å². The van der Waals surface area contributed by atoms with Crippen molar-refractivity contribution in [3.8, 4) is 0 Å². The van der Waals surface area contributed by atoms with E-state index in [0.717, 1.165) is 0 Å². The molecule has 0 amide bonds. The number of carbonyl (C=O) groups is 1. The van der Waals surface area contributed by atoms with Crippen molar-refractivity contribution < 1.29 is 9.90 Å². The molecule has 0 aliphatic carbocycles. The molecule has 3 rings (SSSR count). The summed E-state index contributed by atoms with van der Waals surface area (Å²) in [6.45, 7) is 2.31. The van der Waals surface area contributed by atoms with Gasteiger partial charge in [-0.2, -0.15) is 0 Å². The predicted molar refractivity (Wildman–Crippen MR) is 102 cm³/mol. The molecule has 0 saturated carbocycles. The van der Waals surface area contributed by atoms with Gasteiger partial charge in [-0.3, -0.25) is 0 Å². The van der Waals surface area contributed by atoms with Gasteiger partial charge in [0, 0.05) is 0 Å². The first kappa shape index (κ1) is 17.0. The van der Waals surface area contributed by atoms with E-state index in [1.165, 1.54) is 43.0 Å². The number of hydrogen-bond donors (Lipinski definition) is 1. The zero-order valence-electron chi connectivity index (χ0n) is 14.4. The van der Waals surface area contributed by atoms with E-state index >= 15 is 0 Å². The Labute approximate surface area is 145 Å². The van der Waals surface area contributed by atoms with Crippen molar-refractivity contribution in [2.45, 2.75) is 50.2 Å². The summed E-state index contributed by atoms with van der Waals surface area (Å²) in [7, 11) is -1.36. The molecule has 0 unspecified atom stereocenters. The lowest BCUT2D eigenvalue weighted by Crippen LogP contribution is -2.49. The van der Waals surface area contributed by atoms with Crippen molar-refractivity contribution in [2.24, 2.45) is 0 Å². The molecule has 3 heteroatoms. The van der Waals surface area contributed by atoms with Gasteiger partial charge in [-0.15, -0.1) is 0 Å². The Bertz CT molecular complexity index is 671. The van der Waals surface area contributed by atoms with Crippen molar-refractivity contribution in [3.63, 3.8) is 0 Å². The van der Waals surface area contributed by atoms with Crippen LogP contribution < -0.4 is 5.19 Å². The molecule has 1 saturated heterocycles. The second-order valence-electron chi connectivity index (χ2n) is 7.10. The molecule has 1 heterocycles. The minimum Gasteiger partial charge on any atom is -0.478 e. The first-order chi connectivity index (χ1) is 11.6. The minimum atomic E-state index is -1.36. The average molecular weight is 339 g/mol. The zero-order valence-corrected chi connectivity index (χ0v) is 15.4. The molecule has 1 aliphatic rings. The van der Waals surface area contributed by atoms with Crippen molar-refractivity contribution >= 4 is 19.2 Å². The Kier molecular flexibility index (Phi) is 5.19. The van der Waals surface area contributed by atoms with Crippen molar-refractivity contribution in [2.75, 3.05) is 0 Å². The molecule has 0 spiro atoms. The fourth-order valence-electron chi connectivity index (χ4n) is 4.35. The highest BCUT2D eigenvalue weighted by atomic mass is 28.3. The van der Waals surface area contributed by atoms with Crippen molar-refractivity contribution in [3.05, 3.63) is 65.7 Å². The van der Waals surface area contributed by atoms with Crippen LogP contribution in [0.3, 0.4) is 0 Å². The molecule has 0 radical (unpaired) electrons. The lowest BCUT2D eigenvalue weighted by atomic mass is 9.93. The van der Waals surface area contributed by atoms with Crippen LogP contribution in [0, 0.1) is 0 Å². The van der Waals surface area contributed by atoms with E-state index in [2.05, 4.69) is 37.3 Å². The van der Waals surface area contributed by atoms with Crippen LogP contribution in [0.25, 0.3) is 0 Å². The number of rotatable bonds is 5. The van der Waals surface area contributed by atoms with Crippen LogP contribution in [0.1, 0.15) is 48.0 Å². The Hall–Kier alpha value is -1.87. The monoisotopic (exact) mass is 338 g/mol. The van der Waals surface area contributed by atoms with Gasteiger partial charge in [-0.25, -0.2) is 4.79 Å². The molecule has 1 N–H and O–H groups in total. The highest BCUT2D eigenvalue weighted by Gasteiger charge is 2.38. The number of hydrogen-bond acceptors (Lipinski definition) is 1. The molecule has 2 aromatic carbocycles. The van der Waals surface area contributed by atoms with E-state index in [1.807, 2.05) is 12.1 Å². The maximum Gasteiger partial charge on any atom is 0.335 e. The molecular formula is C21H26O2Si. The molecule has 2 nitrogen and oxygen atoms in total. The maximum absolute atomic E-state index is 11.0. The highest BCUT2D eigenvalue weighted by Crippen LogP contribution is 2.40. The zero-order chi connectivity index (χ0) is 17.0. The van der Waals surface area contributed by atoms with E-state index in [-0.39, 0.29) is 0 Å². The van der Waals surface area contributed by atoms with Gasteiger partial charge in [0.1, 0.15) is 0 Å². The Morgan fingerprint density at radius 2 is 1.67 bits per heavy atom. The van der Waals surface area contributed by atoms with Crippen LogP contribution >= 0.6 is 0 Å². The lowest BCUT2D eigenvalue weighted by molar-refractivity contribution is 0.0697. The number of carboxylic acid groups (broad SMARTS) is 1. The molecule has 24 heavy (non-hydrogen) atoms. The van der Waals surface area contributed by atoms with Crippen LogP contribution in [0.2, 0.25) is 18.1 Å². The van der Waals surface area contributed by atoms with Gasteiger partial charge in [0.15, 0.2) is 0 Å². The Balaban J connectivity index is 1.74. The molecule has 1 fully saturated rings. The molecular weight excluding hydrogens is 312 g/mol. The van der Waals surface area contributed by atoms with E-state index in [4.69, 9.17) is 5.11 Å². The first-order valence-corrected chi connectivity index (χ1v) is 11.7. The summed E-state index contributed by atoms with van der Waals surface area (Å²) in [5.74, 6) is -0.252. The minimum absolute atomic E-state index is 0.383.